The van der Waals surface area contributed by atoms with Crippen LogP contribution >= 0.6 is 11.6 Å². The zero-order chi connectivity index (χ0) is 13.9. The lowest BCUT2D eigenvalue weighted by Gasteiger charge is -2.31. The summed E-state index contributed by atoms with van der Waals surface area (Å²) >= 11 is 6.00. The lowest BCUT2D eigenvalue weighted by Crippen LogP contribution is -2.41. The fourth-order valence-electron chi connectivity index (χ4n) is 2.41. The van der Waals surface area contributed by atoms with Gasteiger partial charge in [-0.05, 0) is 30.9 Å². The smallest absolute Gasteiger partial charge is 0.244 e. The molecule has 0 saturated carbocycles. The molecule has 6 heteroatoms. The maximum Gasteiger partial charge on any atom is 0.244 e. The van der Waals surface area contributed by atoms with Gasteiger partial charge in [-0.25, -0.2) is 8.42 Å². The first kappa shape index (κ1) is 14.8. The highest BCUT2D eigenvalue weighted by Gasteiger charge is 2.31. The summed E-state index contributed by atoms with van der Waals surface area (Å²) in [5.74, 6) is 0.260. The zero-order valence-electron chi connectivity index (χ0n) is 10.9. The van der Waals surface area contributed by atoms with Crippen molar-refractivity contribution in [1.82, 2.24) is 4.31 Å². The van der Waals surface area contributed by atoms with E-state index in [9.17, 15) is 8.42 Å². The molecular weight excluding hydrogens is 286 g/mol. The van der Waals surface area contributed by atoms with E-state index in [2.05, 4.69) is 0 Å². The summed E-state index contributed by atoms with van der Waals surface area (Å²) in [4.78, 5) is 0.190. The number of nitrogens with zero attached hydrogens (tertiary/aromatic N) is 1. The number of rotatable bonds is 4. The number of halogens is 1. The molecule has 0 aliphatic carbocycles. The molecule has 1 saturated heterocycles. The van der Waals surface area contributed by atoms with E-state index < -0.39 is 10.0 Å². The molecule has 1 aromatic carbocycles. The lowest BCUT2D eigenvalue weighted by atomic mass is 10.0. The van der Waals surface area contributed by atoms with Gasteiger partial charge in [0.05, 0.1) is 11.6 Å². The van der Waals surface area contributed by atoms with Gasteiger partial charge in [0.2, 0.25) is 10.0 Å². The Hall–Kier alpha value is -0.620. The van der Waals surface area contributed by atoms with Crippen molar-refractivity contribution in [2.24, 2.45) is 5.92 Å². The quantitative estimate of drug-likeness (QED) is 0.858. The normalized spacial score (nSPS) is 21.5. The first-order chi connectivity index (χ1) is 9.05. The minimum absolute atomic E-state index is 0.190. The average Bonchev–Trinajstić information content (AvgIpc) is 2.40. The van der Waals surface area contributed by atoms with Gasteiger partial charge in [-0.2, -0.15) is 4.31 Å². The predicted octanol–water partition coefficient (Wildman–Crippen LogP) is 2.39. The highest BCUT2D eigenvalue weighted by molar-refractivity contribution is 7.89. The van der Waals surface area contributed by atoms with Crippen molar-refractivity contribution < 1.29 is 13.2 Å². The molecular formula is C13H18ClNO3S. The van der Waals surface area contributed by atoms with Crippen LogP contribution < -0.4 is 0 Å². The Morgan fingerprint density at radius 1 is 1.42 bits per heavy atom. The Morgan fingerprint density at radius 2 is 2.16 bits per heavy atom. The third-order valence-corrected chi connectivity index (χ3v) is 5.70. The average molecular weight is 304 g/mol. The van der Waals surface area contributed by atoms with Crippen molar-refractivity contribution in [2.75, 3.05) is 26.8 Å². The Bertz CT molecular complexity index is 530. The maximum atomic E-state index is 12.6. The molecule has 106 valence electrons. The largest absolute Gasteiger partial charge is 0.384 e. The molecule has 19 heavy (non-hydrogen) atoms. The molecule has 1 atom stereocenters. The van der Waals surface area contributed by atoms with Gasteiger partial charge in [0.15, 0.2) is 0 Å². The summed E-state index contributed by atoms with van der Waals surface area (Å²) in [7, 11) is -1.86. The number of ether oxygens (including phenoxy) is 1. The molecule has 0 radical (unpaired) electrons. The van der Waals surface area contributed by atoms with E-state index in [1.54, 1.807) is 31.4 Å². The van der Waals surface area contributed by atoms with Gasteiger partial charge < -0.3 is 4.74 Å². The lowest BCUT2D eigenvalue weighted by molar-refractivity contribution is 0.118. The molecule has 0 aromatic heterocycles. The zero-order valence-corrected chi connectivity index (χ0v) is 12.5. The number of methoxy groups -OCH3 is 1. The van der Waals surface area contributed by atoms with E-state index in [0.717, 1.165) is 12.8 Å². The first-order valence-electron chi connectivity index (χ1n) is 6.29. The number of hydrogen-bond donors (Lipinski definition) is 0. The van der Waals surface area contributed by atoms with Crippen LogP contribution in [0.3, 0.4) is 0 Å². The van der Waals surface area contributed by atoms with Crippen LogP contribution in [0.4, 0.5) is 0 Å². The van der Waals surface area contributed by atoms with Gasteiger partial charge in [-0.3, -0.25) is 0 Å². The van der Waals surface area contributed by atoms with E-state index in [1.807, 2.05) is 0 Å². The van der Waals surface area contributed by atoms with Crippen LogP contribution in [-0.2, 0) is 14.8 Å². The topological polar surface area (TPSA) is 46.6 Å². The summed E-state index contributed by atoms with van der Waals surface area (Å²) in [6.07, 6.45) is 1.86. The van der Waals surface area contributed by atoms with Crippen molar-refractivity contribution >= 4 is 21.6 Å². The summed E-state index contributed by atoms with van der Waals surface area (Å²) in [5.41, 5.74) is 0. The molecule has 0 spiro atoms. The van der Waals surface area contributed by atoms with Crippen LogP contribution in [0.15, 0.2) is 29.2 Å². The third-order valence-electron chi connectivity index (χ3n) is 3.34. The molecule has 4 nitrogen and oxygen atoms in total. The molecule has 1 aliphatic heterocycles. The molecule has 0 amide bonds. The Labute approximate surface area is 119 Å². The van der Waals surface area contributed by atoms with Crippen molar-refractivity contribution in [3.63, 3.8) is 0 Å². The van der Waals surface area contributed by atoms with Gasteiger partial charge in [-0.1, -0.05) is 23.7 Å². The number of benzene rings is 1. The van der Waals surface area contributed by atoms with E-state index >= 15 is 0 Å². The maximum absolute atomic E-state index is 12.6. The number of hydrogen-bond acceptors (Lipinski definition) is 3. The van der Waals surface area contributed by atoms with Crippen molar-refractivity contribution in [3.05, 3.63) is 29.3 Å². The molecule has 1 aliphatic rings. The highest BCUT2D eigenvalue weighted by Crippen LogP contribution is 2.28. The van der Waals surface area contributed by atoms with Crippen LogP contribution in [-0.4, -0.2) is 39.5 Å². The molecule has 0 N–H and O–H groups in total. The second kappa shape index (κ2) is 6.22. The molecule has 1 fully saturated rings. The monoisotopic (exact) mass is 303 g/mol. The van der Waals surface area contributed by atoms with E-state index in [1.165, 1.54) is 4.31 Å². The summed E-state index contributed by atoms with van der Waals surface area (Å²) in [5, 5.41) is 0.274. The predicted molar refractivity (Wildman–Crippen MR) is 74.8 cm³/mol. The molecule has 1 aromatic rings. The van der Waals surface area contributed by atoms with E-state index in [4.69, 9.17) is 16.3 Å². The van der Waals surface area contributed by atoms with Crippen LogP contribution in [0.1, 0.15) is 12.8 Å². The Kier molecular flexibility index (Phi) is 4.84. The van der Waals surface area contributed by atoms with Gasteiger partial charge in [0.1, 0.15) is 4.90 Å². The van der Waals surface area contributed by atoms with Gasteiger partial charge >= 0.3 is 0 Å². The SMILES string of the molecule is COCC1CCCN(S(=O)(=O)c2ccccc2Cl)C1. The third kappa shape index (κ3) is 3.28. The minimum atomic E-state index is -3.50. The fourth-order valence-corrected chi connectivity index (χ4v) is 4.46. The number of sulfonamides is 1. The van der Waals surface area contributed by atoms with E-state index in [-0.39, 0.29) is 15.8 Å². The van der Waals surface area contributed by atoms with Crippen LogP contribution in [0.2, 0.25) is 5.02 Å². The summed E-state index contributed by atoms with van der Waals surface area (Å²) < 4.78 is 31.8. The highest BCUT2D eigenvalue weighted by atomic mass is 35.5. The summed E-state index contributed by atoms with van der Waals surface area (Å²) in [6, 6.07) is 6.57. The van der Waals surface area contributed by atoms with Crippen LogP contribution in [0.25, 0.3) is 0 Å². The van der Waals surface area contributed by atoms with Crippen molar-refractivity contribution in [3.8, 4) is 0 Å². The first-order valence-corrected chi connectivity index (χ1v) is 8.11. The molecule has 1 heterocycles. The van der Waals surface area contributed by atoms with Gasteiger partial charge in [-0.15, -0.1) is 0 Å². The van der Waals surface area contributed by atoms with Crippen LogP contribution in [0, 0.1) is 5.92 Å². The van der Waals surface area contributed by atoms with Crippen LogP contribution in [0.5, 0.6) is 0 Å². The standard InChI is InChI=1S/C13H18ClNO3S/c1-18-10-11-5-4-8-15(9-11)19(16,17)13-7-3-2-6-12(13)14/h2-3,6-7,11H,4-5,8-10H2,1H3. The molecule has 2 rings (SSSR count). The van der Waals surface area contributed by atoms with Gasteiger partial charge in [0.25, 0.3) is 0 Å². The Morgan fingerprint density at radius 3 is 2.84 bits per heavy atom. The van der Waals surface area contributed by atoms with Crippen molar-refractivity contribution in [2.45, 2.75) is 17.7 Å². The fraction of sp³-hybridized carbons (Fsp3) is 0.538. The van der Waals surface area contributed by atoms with Crippen molar-refractivity contribution in [1.29, 1.82) is 0 Å². The molecule has 0 bridgehead atoms. The van der Waals surface area contributed by atoms with E-state index in [0.29, 0.717) is 19.7 Å². The second-order valence-electron chi connectivity index (χ2n) is 4.76. The number of piperidine rings is 1. The summed E-state index contributed by atoms with van der Waals surface area (Å²) in [6.45, 7) is 1.64. The second-order valence-corrected chi connectivity index (χ2v) is 7.07. The Balaban J connectivity index is 2.22. The molecule has 1 unspecified atom stereocenters. The van der Waals surface area contributed by atoms with Gasteiger partial charge in [0, 0.05) is 20.2 Å². The minimum Gasteiger partial charge on any atom is -0.384 e.